The van der Waals surface area contributed by atoms with Crippen LogP contribution in [0.5, 0.6) is 0 Å². The third-order valence-electron chi connectivity index (χ3n) is 4.54. The van der Waals surface area contributed by atoms with Crippen LogP contribution in [0.1, 0.15) is 31.2 Å². The number of carbonyl (C=O) groups is 2. The van der Waals surface area contributed by atoms with E-state index in [1.807, 2.05) is 43.3 Å². The van der Waals surface area contributed by atoms with Crippen LogP contribution in [0.4, 0.5) is 0 Å². The number of allylic oxidation sites excluding steroid dienone is 3. The minimum absolute atomic E-state index is 0.0631. The van der Waals surface area contributed by atoms with Crippen LogP contribution < -0.4 is 0 Å². The Hall–Kier alpha value is -3.20. The van der Waals surface area contributed by atoms with Gasteiger partial charge in [-0.05, 0) is 30.6 Å². The first-order valence-electron chi connectivity index (χ1n) is 8.90. The Morgan fingerprint density at radius 2 is 2.04 bits per heavy atom. The molecule has 0 spiro atoms. The minimum Gasteiger partial charge on any atom is -0.481 e. The molecule has 6 heteroatoms. The summed E-state index contributed by atoms with van der Waals surface area (Å²) in [6.07, 6.45) is 5.73. The molecule has 0 radical (unpaired) electrons. The number of carboxylic acid groups (broad SMARTS) is 1. The maximum absolute atomic E-state index is 12.8. The molecule has 1 fully saturated rings. The van der Waals surface area contributed by atoms with Crippen molar-refractivity contribution in [3.63, 3.8) is 0 Å². The van der Waals surface area contributed by atoms with Gasteiger partial charge in [0.1, 0.15) is 11.6 Å². The Kier molecular flexibility index (Phi) is 7.07. The number of rotatable bonds is 6. The first-order chi connectivity index (χ1) is 13.0. The number of carbonyl (C=O) groups excluding carboxylic acids is 1. The molecule has 1 heterocycles. The van der Waals surface area contributed by atoms with Crippen LogP contribution in [0.2, 0.25) is 0 Å². The highest BCUT2D eigenvalue weighted by Crippen LogP contribution is 2.31. The number of nitrogens with zero attached hydrogens (tertiary/aromatic N) is 2. The number of hydrogen-bond donors (Lipinski definition) is 2. The second-order valence-electron chi connectivity index (χ2n) is 6.52. The Balaban J connectivity index is 2.25. The van der Waals surface area contributed by atoms with Crippen molar-refractivity contribution in [2.24, 2.45) is 5.92 Å². The number of aliphatic carboxylic acids is 1. The molecule has 1 aliphatic heterocycles. The molecule has 0 aliphatic carbocycles. The molecule has 1 aromatic rings. The van der Waals surface area contributed by atoms with Gasteiger partial charge in [0.15, 0.2) is 0 Å². The van der Waals surface area contributed by atoms with E-state index in [2.05, 4.69) is 0 Å². The van der Waals surface area contributed by atoms with Crippen molar-refractivity contribution in [2.75, 3.05) is 13.1 Å². The number of nitrogens with one attached hydrogen (secondary N) is 1. The molecule has 27 heavy (non-hydrogen) atoms. The minimum atomic E-state index is -0.949. The summed E-state index contributed by atoms with van der Waals surface area (Å²) in [7, 11) is 0. The van der Waals surface area contributed by atoms with E-state index in [0.717, 1.165) is 12.0 Å². The van der Waals surface area contributed by atoms with Crippen LogP contribution in [0.25, 0.3) is 0 Å². The molecule has 0 bridgehead atoms. The first-order valence-corrected chi connectivity index (χ1v) is 8.90. The lowest BCUT2D eigenvalue weighted by molar-refractivity contribution is -0.145. The van der Waals surface area contributed by atoms with Gasteiger partial charge in [0, 0.05) is 19.0 Å². The Morgan fingerprint density at radius 1 is 1.33 bits per heavy atom. The fraction of sp³-hybridized carbons (Fsp3) is 0.333. The van der Waals surface area contributed by atoms with Crippen LogP contribution in [-0.4, -0.2) is 40.7 Å². The summed E-state index contributed by atoms with van der Waals surface area (Å²) in [6, 6.07) is 11.3. The third kappa shape index (κ3) is 5.38. The summed E-state index contributed by atoms with van der Waals surface area (Å²) in [5, 5.41) is 26.7. The predicted octanol–water partition coefficient (Wildman–Crippen LogP) is 3.14. The standard InChI is InChI=1S/C21H23N3O3/c1-2-3-9-19(23)11-16(12-22)20(25)24-13-17(10-18(14-24)21(26)27)15-7-5-4-6-8-15/h3-9,11,17-18,23H,2,10,13-14H2,1H3,(H,26,27)/b9-3-,16-11+,23-19?. The van der Waals surface area contributed by atoms with Gasteiger partial charge >= 0.3 is 5.97 Å². The Morgan fingerprint density at radius 3 is 2.63 bits per heavy atom. The van der Waals surface area contributed by atoms with E-state index >= 15 is 0 Å². The van der Waals surface area contributed by atoms with Crippen molar-refractivity contribution >= 4 is 17.6 Å². The van der Waals surface area contributed by atoms with Crippen molar-refractivity contribution in [3.05, 3.63) is 59.7 Å². The maximum Gasteiger partial charge on any atom is 0.308 e. The number of hydrogen-bond acceptors (Lipinski definition) is 4. The van der Waals surface area contributed by atoms with Gasteiger partial charge in [0.25, 0.3) is 5.91 Å². The zero-order chi connectivity index (χ0) is 19.8. The second kappa shape index (κ2) is 9.48. The van der Waals surface area contributed by atoms with Crippen LogP contribution in [0.3, 0.4) is 0 Å². The number of benzene rings is 1. The highest BCUT2D eigenvalue weighted by molar-refractivity contribution is 6.09. The van der Waals surface area contributed by atoms with Gasteiger partial charge in [-0.25, -0.2) is 0 Å². The molecule has 2 atom stereocenters. The summed E-state index contributed by atoms with van der Waals surface area (Å²) >= 11 is 0. The van der Waals surface area contributed by atoms with Gasteiger partial charge in [0.2, 0.25) is 0 Å². The van der Waals surface area contributed by atoms with Crippen LogP contribution >= 0.6 is 0 Å². The second-order valence-corrected chi connectivity index (χ2v) is 6.52. The highest BCUT2D eigenvalue weighted by atomic mass is 16.4. The smallest absolute Gasteiger partial charge is 0.308 e. The SMILES string of the molecule is CC/C=C\C(=N)/C=C(\C#N)C(=O)N1CC(C(=O)O)CC(c2ccccc2)C1. The molecule has 140 valence electrons. The fourth-order valence-electron chi connectivity index (χ4n) is 3.17. The van der Waals surface area contributed by atoms with Gasteiger partial charge < -0.3 is 15.4 Å². The summed E-state index contributed by atoms with van der Waals surface area (Å²) in [4.78, 5) is 25.8. The van der Waals surface area contributed by atoms with E-state index in [0.29, 0.717) is 13.0 Å². The molecule has 1 aliphatic rings. The van der Waals surface area contributed by atoms with Gasteiger partial charge in [-0.3, -0.25) is 9.59 Å². The number of amides is 1. The lowest BCUT2D eigenvalue weighted by Crippen LogP contribution is -2.46. The predicted molar refractivity (Wildman–Crippen MR) is 102 cm³/mol. The molecule has 1 saturated heterocycles. The van der Waals surface area contributed by atoms with Crippen molar-refractivity contribution in [1.82, 2.24) is 4.90 Å². The molecule has 0 aromatic heterocycles. The van der Waals surface area contributed by atoms with Crippen molar-refractivity contribution in [3.8, 4) is 6.07 Å². The summed E-state index contributed by atoms with van der Waals surface area (Å²) in [5.41, 5.74) is 0.883. The molecule has 2 rings (SSSR count). The van der Waals surface area contributed by atoms with Crippen LogP contribution in [0.15, 0.2) is 54.1 Å². The molecule has 2 N–H and O–H groups in total. The van der Waals surface area contributed by atoms with E-state index in [4.69, 9.17) is 5.41 Å². The fourth-order valence-corrected chi connectivity index (χ4v) is 3.17. The van der Waals surface area contributed by atoms with Gasteiger partial charge in [-0.1, -0.05) is 43.3 Å². The van der Waals surface area contributed by atoms with Crippen molar-refractivity contribution in [1.29, 1.82) is 10.7 Å². The lowest BCUT2D eigenvalue weighted by Gasteiger charge is -2.36. The average molecular weight is 365 g/mol. The monoisotopic (exact) mass is 365 g/mol. The number of carboxylic acids is 1. The van der Waals surface area contributed by atoms with Gasteiger partial charge in [0.05, 0.1) is 11.6 Å². The van der Waals surface area contributed by atoms with E-state index in [1.165, 1.54) is 17.1 Å². The topological polar surface area (TPSA) is 105 Å². The van der Waals surface area contributed by atoms with Crippen LogP contribution in [-0.2, 0) is 9.59 Å². The summed E-state index contributed by atoms with van der Waals surface area (Å²) in [6.45, 7) is 2.34. The van der Waals surface area contributed by atoms with Crippen molar-refractivity contribution < 1.29 is 14.7 Å². The average Bonchev–Trinajstić information content (AvgIpc) is 2.70. The zero-order valence-electron chi connectivity index (χ0n) is 15.3. The van der Waals surface area contributed by atoms with E-state index in [-0.39, 0.29) is 23.7 Å². The maximum atomic E-state index is 12.8. The lowest BCUT2D eigenvalue weighted by atomic mass is 9.84. The molecule has 1 aromatic carbocycles. The summed E-state index contributed by atoms with van der Waals surface area (Å²) < 4.78 is 0. The molecule has 0 saturated carbocycles. The van der Waals surface area contributed by atoms with Crippen molar-refractivity contribution in [2.45, 2.75) is 25.7 Å². The summed E-state index contributed by atoms with van der Waals surface area (Å²) in [5.74, 6) is -2.27. The third-order valence-corrected chi connectivity index (χ3v) is 4.54. The number of nitriles is 1. The van der Waals surface area contributed by atoms with Gasteiger partial charge in [-0.15, -0.1) is 0 Å². The molecule has 2 unspecified atom stereocenters. The normalized spacial score (nSPS) is 20.3. The molecule has 1 amide bonds. The zero-order valence-corrected chi connectivity index (χ0v) is 15.3. The van der Waals surface area contributed by atoms with Gasteiger partial charge in [-0.2, -0.15) is 5.26 Å². The molecular formula is C21H23N3O3. The molecular weight excluding hydrogens is 342 g/mol. The first kappa shape index (κ1) is 20.1. The van der Waals surface area contributed by atoms with E-state index in [1.54, 1.807) is 6.08 Å². The van der Waals surface area contributed by atoms with E-state index in [9.17, 15) is 20.0 Å². The highest BCUT2D eigenvalue weighted by Gasteiger charge is 2.35. The largest absolute Gasteiger partial charge is 0.481 e. The molecule has 6 nitrogen and oxygen atoms in total. The number of piperidine rings is 1. The Bertz CT molecular complexity index is 806. The Labute approximate surface area is 158 Å². The quantitative estimate of drug-likeness (QED) is 0.459. The van der Waals surface area contributed by atoms with E-state index < -0.39 is 17.8 Å². The number of likely N-dealkylation sites (tertiary alicyclic amines) is 1. The van der Waals surface area contributed by atoms with Crippen LogP contribution in [0, 0.1) is 22.7 Å².